The topological polar surface area (TPSA) is 101 Å². The lowest BCUT2D eigenvalue weighted by Crippen LogP contribution is -2.53. The van der Waals surface area contributed by atoms with Crippen molar-refractivity contribution in [2.45, 2.75) is 38.8 Å². The minimum atomic E-state index is -0.903. The van der Waals surface area contributed by atoms with Crippen molar-refractivity contribution in [2.24, 2.45) is 5.73 Å². The molecular weight excluding hydrogens is 313 g/mol. The largest absolute Gasteiger partial charge is 0.368 e. The molecule has 6 nitrogen and oxygen atoms in total. The Morgan fingerprint density at radius 2 is 1.71 bits per heavy atom. The zero-order valence-electron chi connectivity index (χ0n) is 13.8. The molecular formula is C17H22FN3O3. The van der Waals surface area contributed by atoms with Crippen molar-refractivity contribution in [2.75, 3.05) is 0 Å². The molecule has 0 unspecified atom stereocenters. The maximum Gasteiger partial charge on any atom is 0.243 e. The first-order valence-corrected chi connectivity index (χ1v) is 7.44. The van der Waals surface area contributed by atoms with Gasteiger partial charge in [-0.15, -0.1) is 6.58 Å². The number of primary amides is 1. The predicted octanol–water partition coefficient (Wildman–Crippen LogP) is 0.809. The lowest BCUT2D eigenvalue weighted by Gasteiger charge is -2.21. The molecule has 24 heavy (non-hydrogen) atoms. The number of hydrogen-bond donors (Lipinski definition) is 3. The van der Waals surface area contributed by atoms with Crippen LogP contribution in [0.15, 0.2) is 36.4 Å². The summed E-state index contributed by atoms with van der Waals surface area (Å²) in [6, 6.07) is 3.78. The van der Waals surface area contributed by atoms with Crippen molar-refractivity contribution in [1.29, 1.82) is 0 Å². The number of carbonyl (C=O) groups excluding carboxylic acids is 3. The van der Waals surface area contributed by atoms with E-state index in [-0.39, 0.29) is 12.8 Å². The van der Waals surface area contributed by atoms with Crippen molar-refractivity contribution in [3.05, 3.63) is 47.8 Å². The van der Waals surface area contributed by atoms with Crippen LogP contribution in [0.1, 0.15) is 25.8 Å². The van der Waals surface area contributed by atoms with Crippen LogP contribution in [0.3, 0.4) is 0 Å². The zero-order valence-corrected chi connectivity index (χ0v) is 13.8. The van der Waals surface area contributed by atoms with E-state index in [0.717, 1.165) is 0 Å². The molecule has 2 atom stereocenters. The number of carbonyl (C=O) groups is 3. The summed E-state index contributed by atoms with van der Waals surface area (Å²) in [4.78, 5) is 35.2. The summed E-state index contributed by atoms with van der Waals surface area (Å²) in [7, 11) is 0. The molecule has 0 spiro atoms. The Labute approximate surface area is 140 Å². The Morgan fingerprint density at radius 3 is 2.17 bits per heavy atom. The van der Waals surface area contributed by atoms with Gasteiger partial charge in [-0.3, -0.25) is 14.4 Å². The molecule has 0 radical (unpaired) electrons. The van der Waals surface area contributed by atoms with E-state index < -0.39 is 35.6 Å². The number of nitrogens with one attached hydrogen (secondary N) is 2. The van der Waals surface area contributed by atoms with Gasteiger partial charge in [0.2, 0.25) is 17.7 Å². The number of amides is 3. The molecule has 0 saturated carbocycles. The highest BCUT2D eigenvalue weighted by atomic mass is 19.1. The second kappa shape index (κ2) is 8.81. The predicted molar refractivity (Wildman–Crippen MR) is 88.3 cm³/mol. The molecule has 130 valence electrons. The van der Waals surface area contributed by atoms with Crippen LogP contribution in [0.2, 0.25) is 0 Å². The van der Waals surface area contributed by atoms with Gasteiger partial charge in [-0.25, -0.2) is 4.39 Å². The van der Waals surface area contributed by atoms with Crippen molar-refractivity contribution in [3.8, 4) is 0 Å². The van der Waals surface area contributed by atoms with Crippen LogP contribution in [-0.2, 0) is 20.8 Å². The van der Waals surface area contributed by atoms with Crippen LogP contribution in [0, 0.1) is 5.82 Å². The van der Waals surface area contributed by atoms with Crippen molar-refractivity contribution < 1.29 is 18.8 Å². The minimum absolute atomic E-state index is 0.157. The molecule has 4 N–H and O–H groups in total. The smallest absolute Gasteiger partial charge is 0.243 e. The van der Waals surface area contributed by atoms with Gasteiger partial charge in [-0.05, 0) is 31.0 Å². The summed E-state index contributed by atoms with van der Waals surface area (Å²) in [6.07, 6.45) is 0.370. The third-order valence-corrected chi connectivity index (χ3v) is 3.26. The molecule has 7 heteroatoms. The molecule has 1 rings (SSSR count). The summed E-state index contributed by atoms with van der Waals surface area (Å²) < 4.78 is 13.0. The van der Waals surface area contributed by atoms with Gasteiger partial charge in [0, 0.05) is 13.3 Å². The molecule has 0 fully saturated rings. The summed E-state index contributed by atoms with van der Waals surface area (Å²) in [5.41, 5.74) is 6.64. The Morgan fingerprint density at radius 1 is 1.12 bits per heavy atom. The average Bonchev–Trinajstić information content (AvgIpc) is 2.47. The molecule has 0 bridgehead atoms. The first-order valence-electron chi connectivity index (χ1n) is 7.44. The molecule has 0 saturated heterocycles. The normalized spacial score (nSPS) is 12.8. The van der Waals surface area contributed by atoms with Gasteiger partial charge in [-0.2, -0.15) is 0 Å². The van der Waals surface area contributed by atoms with Crippen LogP contribution in [0.5, 0.6) is 0 Å². The molecule has 3 amide bonds. The SMILES string of the molecule is C=C(C)C[C@H](NC(=O)[C@H](Cc1ccc(F)cc1)NC(C)=O)C(N)=O. The molecule has 0 aliphatic carbocycles. The molecule has 0 aliphatic heterocycles. The van der Waals surface area contributed by atoms with E-state index in [1.807, 2.05) is 0 Å². The lowest BCUT2D eigenvalue weighted by molar-refractivity contribution is -0.130. The van der Waals surface area contributed by atoms with Crippen LogP contribution in [0.4, 0.5) is 4.39 Å². The summed E-state index contributed by atoms with van der Waals surface area (Å²) >= 11 is 0. The van der Waals surface area contributed by atoms with E-state index in [1.165, 1.54) is 31.2 Å². The van der Waals surface area contributed by atoms with Gasteiger partial charge in [0.1, 0.15) is 17.9 Å². The van der Waals surface area contributed by atoms with Crippen molar-refractivity contribution in [3.63, 3.8) is 0 Å². The Kier molecular flexibility index (Phi) is 7.10. The maximum atomic E-state index is 13.0. The highest BCUT2D eigenvalue weighted by Crippen LogP contribution is 2.08. The van der Waals surface area contributed by atoms with E-state index in [1.54, 1.807) is 6.92 Å². The molecule has 1 aromatic rings. The van der Waals surface area contributed by atoms with Crippen LogP contribution < -0.4 is 16.4 Å². The van der Waals surface area contributed by atoms with Crippen LogP contribution in [-0.4, -0.2) is 29.8 Å². The quantitative estimate of drug-likeness (QED) is 0.613. The summed E-state index contributed by atoms with van der Waals surface area (Å²) in [5.74, 6) is -2.02. The maximum absolute atomic E-state index is 13.0. The first-order chi connectivity index (χ1) is 11.2. The average molecular weight is 335 g/mol. The second-order valence-electron chi connectivity index (χ2n) is 5.71. The number of nitrogens with two attached hydrogens (primary N) is 1. The Bertz CT molecular complexity index is 628. The fourth-order valence-electron chi connectivity index (χ4n) is 2.15. The first kappa shape index (κ1) is 19.3. The van der Waals surface area contributed by atoms with Gasteiger partial charge < -0.3 is 16.4 Å². The number of halogens is 1. The monoisotopic (exact) mass is 335 g/mol. The van der Waals surface area contributed by atoms with Gasteiger partial charge >= 0.3 is 0 Å². The van der Waals surface area contributed by atoms with Crippen molar-refractivity contribution in [1.82, 2.24) is 10.6 Å². The van der Waals surface area contributed by atoms with E-state index in [9.17, 15) is 18.8 Å². The minimum Gasteiger partial charge on any atom is -0.368 e. The number of hydrogen-bond acceptors (Lipinski definition) is 3. The molecule has 1 aromatic carbocycles. The van der Waals surface area contributed by atoms with E-state index in [4.69, 9.17) is 5.73 Å². The summed E-state index contributed by atoms with van der Waals surface area (Å²) in [5, 5.41) is 5.04. The Balaban J connectivity index is 2.87. The van der Waals surface area contributed by atoms with Crippen LogP contribution >= 0.6 is 0 Å². The highest BCUT2D eigenvalue weighted by Gasteiger charge is 2.25. The standard InChI is InChI=1S/C17H22FN3O3/c1-10(2)8-14(16(19)23)21-17(24)15(20-11(3)22)9-12-4-6-13(18)7-5-12/h4-7,14-15H,1,8-9H2,2-3H3,(H2,19,23)(H,20,22)(H,21,24)/t14-,15-/m0/s1. The third kappa shape index (κ3) is 6.60. The van der Waals surface area contributed by atoms with Gasteiger partial charge in [-0.1, -0.05) is 17.7 Å². The lowest BCUT2D eigenvalue weighted by atomic mass is 10.0. The fourth-order valence-corrected chi connectivity index (χ4v) is 2.15. The molecule has 0 aromatic heterocycles. The van der Waals surface area contributed by atoms with Crippen molar-refractivity contribution >= 4 is 17.7 Å². The zero-order chi connectivity index (χ0) is 18.3. The Hall–Kier alpha value is -2.70. The fraction of sp³-hybridized carbons (Fsp3) is 0.353. The summed E-state index contributed by atoms with van der Waals surface area (Å²) in [6.45, 7) is 6.69. The third-order valence-electron chi connectivity index (χ3n) is 3.26. The molecule has 0 aliphatic rings. The van der Waals surface area contributed by atoms with E-state index >= 15 is 0 Å². The van der Waals surface area contributed by atoms with E-state index in [2.05, 4.69) is 17.2 Å². The number of benzene rings is 1. The van der Waals surface area contributed by atoms with Gasteiger partial charge in [0.25, 0.3) is 0 Å². The van der Waals surface area contributed by atoms with Crippen LogP contribution in [0.25, 0.3) is 0 Å². The van der Waals surface area contributed by atoms with E-state index in [0.29, 0.717) is 11.1 Å². The molecule has 0 heterocycles. The van der Waals surface area contributed by atoms with Gasteiger partial charge in [0.05, 0.1) is 0 Å². The van der Waals surface area contributed by atoms with Gasteiger partial charge in [0.15, 0.2) is 0 Å². The highest BCUT2D eigenvalue weighted by molar-refractivity contribution is 5.91. The number of rotatable bonds is 8. The second-order valence-corrected chi connectivity index (χ2v) is 5.71.